The van der Waals surface area contributed by atoms with Gasteiger partial charge in [0.1, 0.15) is 5.82 Å². The molecule has 2 N–H and O–H groups in total. The number of benzene rings is 1. The molecule has 0 bridgehead atoms. The third-order valence-corrected chi connectivity index (χ3v) is 3.13. The molecule has 0 saturated carbocycles. The Bertz CT molecular complexity index is 599. The summed E-state index contributed by atoms with van der Waals surface area (Å²) in [6.07, 6.45) is 1.48. The lowest BCUT2D eigenvalue weighted by Gasteiger charge is -2.09. The smallest absolute Gasteiger partial charge is 0.335 e. The first kappa shape index (κ1) is 12.8. The van der Waals surface area contributed by atoms with E-state index < -0.39 is 5.97 Å². The lowest BCUT2D eigenvalue weighted by Crippen LogP contribution is -2.00. The molecule has 92 valence electrons. The van der Waals surface area contributed by atoms with Crippen LogP contribution in [0, 0.1) is 10.5 Å². The van der Waals surface area contributed by atoms with Crippen LogP contribution in [0.5, 0.6) is 0 Å². The monoisotopic (exact) mass is 354 g/mol. The molecule has 18 heavy (non-hydrogen) atoms. The molecule has 1 aromatic heterocycles. The van der Waals surface area contributed by atoms with Gasteiger partial charge >= 0.3 is 5.97 Å². The predicted octanol–water partition coefficient (Wildman–Crippen LogP) is 3.44. The van der Waals surface area contributed by atoms with Crippen LogP contribution in [0.4, 0.5) is 11.5 Å². The van der Waals surface area contributed by atoms with Crippen LogP contribution < -0.4 is 5.32 Å². The molecule has 2 rings (SSSR count). The van der Waals surface area contributed by atoms with Crippen LogP contribution in [0.2, 0.25) is 0 Å². The first-order valence-electron chi connectivity index (χ1n) is 5.29. The molecule has 0 saturated heterocycles. The highest BCUT2D eigenvalue weighted by atomic mass is 127. The molecule has 0 spiro atoms. The zero-order valence-electron chi connectivity index (χ0n) is 9.64. The molecule has 5 heteroatoms. The van der Waals surface area contributed by atoms with Crippen LogP contribution in [-0.2, 0) is 0 Å². The number of aromatic carboxylic acids is 1. The minimum absolute atomic E-state index is 0.218. The minimum Gasteiger partial charge on any atom is -0.478 e. The summed E-state index contributed by atoms with van der Waals surface area (Å²) >= 11 is 2.25. The zero-order chi connectivity index (χ0) is 13.1. The summed E-state index contributed by atoms with van der Waals surface area (Å²) in [7, 11) is 0. The number of aryl methyl sites for hydroxylation is 1. The first-order valence-corrected chi connectivity index (χ1v) is 6.36. The van der Waals surface area contributed by atoms with Gasteiger partial charge in [-0.1, -0.05) is 0 Å². The number of carbonyl (C=O) groups is 1. The highest BCUT2D eigenvalue weighted by molar-refractivity contribution is 14.1. The van der Waals surface area contributed by atoms with E-state index >= 15 is 0 Å². The molecule has 1 aromatic carbocycles. The molecule has 0 atom stereocenters. The molecular weight excluding hydrogens is 343 g/mol. The summed E-state index contributed by atoms with van der Waals surface area (Å²) in [4.78, 5) is 15.0. The van der Waals surface area contributed by atoms with E-state index in [9.17, 15) is 4.79 Å². The van der Waals surface area contributed by atoms with Gasteiger partial charge in [-0.25, -0.2) is 9.78 Å². The Labute approximate surface area is 118 Å². The number of nitrogens with zero attached hydrogens (tertiary/aromatic N) is 1. The Kier molecular flexibility index (Phi) is 3.81. The van der Waals surface area contributed by atoms with E-state index in [1.165, 1.54) is 18.3 Å². The highest BCUT2D eigenvalue weighted by Gasteiger charge is 2.05. The van der Waals surface area contributed by atoms with E-state index in [1.54, 1.807) is 0 Å². The second kappa shape index (κ2) is 5.34. The quantitative estimate of drug-likeness (QED) is 0.829. The SMILES string of the molecule is Cc1cc(I)ccc1Nc1cc(C(=O)O)ccn1. The van der Waals surface area contributed by atoms with Gasteiger partial charge in [-0.3, -0.25) is 0 Å². The van der Waals surface area contributed by atoms with Gasteiger partial charge < -0.3 is 10.4 Å². The average molecular weight is 354 g/mol. The Morgan fingerprint density at radius 1 is 1.33 bits per heavy atom. The predicted molar refractivity (Wildman–Crippen MR) is 78.4 cm³/mol. The van der Waals surface area contributed by atoms with E-state index in [0.717, 1.165) is 14.8 Å². The Morgan fingerprint density at radius 3 is 2.78 bits per heavy atom. The Hall–Kier alpha value is -1.63. The number of hydrogen-bond donors (Lipinski definition) is 2. The second-order valence-electron chi connectivity index (χ2n) is 3.82. The second-order valence-corrected chi connectivity index (χ2v) is 5.06. The summed E-state index contributed by atoms with van der Waals surface area (Å²) < 4.78 is 1.16. The molecular formula is C13H11IN2O2. The van der Waals surface area contributed by atoms with Crippen LogP contribution >= 0.6 is 22.6 Å². The van der Waals surface area contributed by atoms with Crippen molar-refractivity contribution in [1.29, 1.82) is 0 Å². The summed E-state index contributed by atoms with van der Waals surface area (Å²) in [5.74, 6) is -0.431. The number of carboxylic acids is 1. The summed E-state index contributed by atoms with van der Waals surface area (Å²) in [6, 6.07) is 8.96. The highest BCUT2D eigenvalue weighted by Crippen LogP contribution is 2.21. The first-order chi connectivity index (χ1) is 8.56. The maximum Gasteiger partial charge on any atom is 0.335 e. The summed E-state index contributed by atoms with van der Waals surface area (Å²) in [5, 5.41) is 12.0. The molecule has 0 fully saturated rings. The van der Waals surface area contributed by atoms with Crippen LogP contribution in [0.25, 0.3) is 0 Å². The minimum atomic E-state index is -0.959. The Balaban J connectivity index is 2.28. The number of anilines is 2. The number of hydrogen-bond acceptors (Lipinski definition) is 3. The number of halogens is 1. The van der Waals surface area contributed by atoms with Gasteiger partial charge in [0.05, 0.1) is 5.56 Å². The molecule has 1 heterocycles. The largest absolute Gasteiger partial charge is 0.478 e. The van der Waals surface area contributed by atoms with E-state index in [2.05, 4.69) is 32.9 Å². The third kappa shape index (κ3) is 2.98. The molecule has 0 unspecified atom stereocenters. The lowest BCUT2D eigenvalue weighted by atomic mass is 10.2. The van der Waals surface area contributed by atoms with Crippen molar-refractivity contribution < 1.29 is 9.90 Å². The van der Waals surface area contributed by atoms with Crippen molar-refractivity contribution >= 4 is 40.1 Å². The fourth-order valence-corrected chi connectivity index (χ4v) is 2.18. The van der Waals surface area contributed by atoms with Gasteiger partial charge in [0.15, 0.2) is 0 Å². The molecule has 0 radical (unpaired) electrons. The fraction of sp³-hybridized carbons (Fsp3) is 0.0769. The van der Waals surface area contributed by atoms with E-state index in [1.807, 2.05) is 25.1 Å². The standard InChI is InChI=1S/C13H11IN2O2/c1-8-6-10(14)2-3-11(8)16-12-7-9(13(17)18)4-5-15-12/h2-7H,1H3,(H,15,16)(H,17,18). The number of nitrogens with one attached hydrogen (secondary N) is 1. The van der Waals surface area contributed by atoms with Gasteiger partial charge in [-0.05, 0) is 65.4 Å². The number of aromatic nitrogens is 1. The zero-order valence-corrected chi connectivity index (χ0v) is 11.8. The lowest BCUT2D eigenvalue weighted by molar-refractivity contribution is 0.0697. The van der Waals surface area contributed by atoms with Crippen molar-refractivity contribution in [1.82, 2.24) is 4.98 Å². The molecule has 0 aliphatic carbocycles. The van der Waals surface area contributed by atoms with E-state index in [0.29, 0.717) is 5.82 Å². The van der Waals surface area contributed by atoms with Crippen LogP contribution in [0.15, 0.2) is 36.5 Å². The molecule has 2 aromatic rings. The number of rotatable bonds is 3. The normalized spacial score (nSPS) is 10.1. The van der Waals surface area contributed by atoms with Crippen LogP contribution in [0.3, 0.4) is 0 Å². The van der Waals surface area contributed by atoms with Gasteiger partial charge in [-0.15, -0.1) is 0 Å². The molecule has 0 aliphatic rings. The van der Waals surface area contributed by atoms with E-state index in [-0.39, 0.29) is 5.56 Å². The average Bonchev–Trinajstić information content (AvgIpc) is 2.33. The van der Waals surface area contributed by atoms with Gasteiger partial charge in [0.2, 0.25) is 0 Å². The van der Waals surface area contributed by atoms with Crippen molar-refractivity contribution in [3.8, 4) is 0 Å². The van der Waals surface area contributed by atoms with Crippen molar-refractivity contribution in [3.63, 3.8) is 0 Å². The maximum atomic E-state index is 10.9. The topological polar surface area (TPSA) is 62.2 Å². The van der Waals surface area contributed by atoms with Crippen LogP contribution in [0.1, 0.15) is 15.9 Å². The Morgan fingerprint density at radius 2 is 2.11 bits per heavy atom. The van der Waals surface area contributed by atoms with Crippen molar-refractivity contribution in [2.75, 3.05) is 5.32 Å². The van der Waals surface area contributed by atoms with Gasteiger partial charge in [0.25, 0.3) is 0 Å². The summed E-state index contributed by atoms with van der Waals surface area (Å²) in [5.41, 5.74) is 2.23. The third-order valence-electron chi connectivity index (χ3n) is 2.46. The van der Waals surface area contributed by atoms with E-state index in [4.69, 9.17) is 5.11 Å². The maximum absolute atomic E-state index is 10.9. The summed E-state index contributed by atoms with van der Waals surface area (Å²) in [6.45, 7) is 1.99. The number of pyridine rings is 1. The molecule has 4 nitrogen and oxygen atoms in total. The van der Waals surface area contributed by atoms with Crippen molar-refractivity contribution in [3.05, 3.63) is 51.2 Å². The fourth-order valence-electron chi connectivity index (χ4n) is 1.54. The van der Waals surface area contributed by atoms with Crippen molar-refractivity contribution in [2.45, 2.75) is 6.92 Å². The van der Waals surface area contributed by atoms with Gasteiger partial charge in [-0.2, -0.15) is 0 Å². The number of carboxylic acid groups (broad SMARTS) is 1. The van der Waals surface area contributed by atoms with Crippen molar-refractivity contribution in [2.24, 2.45) is 0 Å². The van der Waals surface area contributed by atoms with Gasteiger partial charge in [0, 0.05) is 15.5 Å². The molecule has 0 aliphatic heterocycles. The van der Waals surface area contributed by atoms with Crippen LogP contribution in [-0.4, -0.2) is 16.1 Å². The molecule has 0 amide bonds.